The molecule has 29 heavy (non-hydrogen) atoms. The highest BCUT2D eigenvalue weighted by molar-refractivity contribution is 6.30. The third kappa shape index (κ3) is 6.19. The molecule has 6 nitrogen and oxygen atoms in total. The number of halogens is 1. The lowest BCUT2D eigenvalue weighted by molar-refractivity contribution is -0.131. The molecule has 0 atom stereocenters. The van der Waals surface area contributed by atoms with Crippen molar-refractivity contribution in [2.24, 2.45) is 4.99 Å². The SMILES string of the molecule is CCNC(=NCc1cccc(C)n1)N1CCN(C(=O)Cc2cccc(Cl)c2)CC1. The number of rotatable bonds is 5. The highest BCUT2D eigenvalue weighted by Gasteiger charge is 2.23. The van der Waals surface area contributed by atoms with Crippen LogP contribution in [0.4, 0.5) is 0 Å². The molecule has 3 rings (SSSR count). The van der Waals surface area contributed by atoms with Crippen molar-refractivity contribution in [3.8, 4) is 0 Å². The first-order chi connectivity index (χ1) is 14.0. The highest BCUT2D eigenvalue weighted by Crippen LogP contribution is 2.13. The van der Waals surface area contributed by atoms with Crippen LogP contribution in [0.3, 0.4) is 0 Å². The van der Waals surface area contributed by atoms with Crippen molar-refractivity contribution in [3.05, 3.63) is 64.4 Å². The fourth-order valence-electron chi connectivity index (χ4n) is 3.37. The zero-order chi connectivity index (χ0) is 20.6. The lowest BCUT2D eigenvalue weighted by atomic mass is 10.1. The molecular formula is C22H28ClN5O. The molecule has 1 aromatic carbocycles. The summed E-state index contributed by atoms with van der Waals surface area (Å²) in [5, 5.41) is 4.02. The maximum Gasteiger partial charge on any atom is 0.227 e. The van der Waals surface area contributed by atoms with Gasteiger partial charge in [-0.25, -0.2) is 4.99 Å². The molecule has 2 aromatic rings. The molecule has 1 saturated heterocycles. The van der Waals surface area contributed by atoms with Gasteiger partial charge in [0, 0.05) is 43.4 Å². The molecule has 1 aliphatic rings. The zero-order valence-electron chi connectivity index (χ0n) is 17.1. The minimum Gasteiger partial charge on any atom is -0.357 e. The molecule has 1 aliphatic heterocycles. The molecule has 154 valence electrons. The van der Waals surface area contributed by atoms with E-state index >= 15 is 0 Å². The normalized spacial score (nSPS) is 14.8. The molecule has 0 aliphatic carbocycles. The third-order valence-electron chi connectivity index (χ3n) is 4.85. The molecule has 1 aromatic heterocycles. The number of carbonyl (C=O) groups is 1. The molecule has 0 bridgehead atoms. The fourth-order valence-corrected chi connectivity index (χ4v) is 3.58. The summed E-state index contributed by atoms with van der Waals surface area (Å²) >= 11 is 6.02. The van der Waals surface area contributed by atoms with E-state index < -0.39 is 0 Å². The molecular weight excluding hydrogens is 386 g/mol. The van der Waals surface area contributed by atoms with E-state index in [1.165, 1.54) is 0 Å². The number of aliphatic imine (C=N–C) groups is 1. The summed E-state index contributed by atoms with van der Waals surface area (Å²) in [6.07, 6.45) is 0.383. The summed E-state index contributed by atoms with van der Waals surface area (Å²) in [6, 6.07) is 13.5. The van der Waals surface area contributed by atoms with E-state index in [1.807, 2.05) is 54.3 Å². The summed E-state index contributed by atoms with van der Waals surface area (Å²) in [7, 11) is 0. The first-order valence-electron chi connectivity index (χ1n) is 10.0. The largest absolute Gasteiger partial charge is 0.357 e. The number of benzene rings is 1. The van der Waals surface area contributed by atoms with Crippen molar-refractivity contribution >= 4 is 23.5 Å². The van der Waals surface area contributed by atoms with Crippen LogP contribution in [0.5, 0.6) is 0 Å². The van der Waals surface area contributed by atoms with Crippen molar-refractivity contribution < 1.29 is 4.79 Å². The Bertz CT molecular complexity index is 862. The maximum absolute atomic E-state index is 12.6. The number of aryl methyl sites for hydroxylation is 1. The van der Waals surface area contributed by atoms with E-state index in [0.29, 0.717) is 31.1 Å². The highest BCUT2D eigenvalue weighted by atomic mass is 35.5. The van der Waals surface area contributed by atoms with Gasteiger partial charge in [0.15, 0.2) is 5.96 Å². The predicted octanol–water partition coefficient (Wildman–Crippen LogP) is 2.90. The molecule has 2 heterocycles. The Labute approximate surface area is 177 Å². The van der Waals surface area contributed by atoms with Crippen LogP contribution in [0.1, 0.15) is 23.9 Å². The maximum atomic E-state index is 12.6. The number of pyridine rings is 1. The summed E-state index contributed by atoms with van der Waals surface area (Å²) < 4.78 is 0. The Morgan fingerprint density at radius 2 is 1.86 bits per heavy atom. The number of carbonyl (C=O) groups excluding carboxylic acids is 1. The Morgan fingerprint density at radius 1 is 1.14 bits per heavy atom. The van der Waals surface area contributed by atoms with E-state index in [4.69, 9.17) is 16.6 Å². The number of guanidine groups is 1. The number of hydrogen-bond acceptors (Lipinski definition) is 3. The average Bonchev–Trinajstić information content (AvgIpc) is 2.71. The molecule has 0 unspecified atom stereocenters. The van der Waals surface area contributed by atoms with E-state index in [2.05, 4.69) is 22.1 Å². The van der Waals surface area contributed by atoms with Gasteiger partial charge >= 0.3 is 0 Å². The second-order valence-corrected chi connectivity index (χ2v) is 7.55. The summed E-state index contributed by atoms with van der Waals surface area (Å²) in [4.78, 5) is 26.0. The first-order valence-corrected chi connectivity index (χ1v) is 10.4. The van der Waals surface area contributed by atoms with Crippen LogP contribution in [0, 0.1) is 6.92 Å². The number of nitrogens with one attached hydrogen (secondary N) is 1. The van der Waals surface area contributed by atoms with E-state index in [0.717, 1.165) is 42.5 Å². The van der Waals surface area contributed by atoms with Crippen molar-refractivity contribution in [3.63, 3.8) is 0 Å². The van der Waals surface area contributed by atoms with Gasteiger partial charge in [0.25, 0.3) is 0 Å². The van der Waals surface area contributed by atoms with E-state index in [1.54, 1.807) is 0 Å². The Morgan fingerprint density at radius 3 is 2.55 bits per heavy atom. The van der Waals surface area contributed by atoms with Crippen molar-refractivity contribution in [2.75, 3.05) is 32.7 Å². The summed E-state index contributed by atoms with van der Waals surface area (Å²) in [6.45, 7) is 8.27. The monoisotopic (exact) mass is 413 g/mol. The Kier molecular flexibility index (Phi) is 7.47. The fraction of sp³-hybridized carbons (Fsp3) is 0.409. The predicted molar refractivity (Wildman–Crippen MR) is 117 cm³/mol. The summed E-state index contributed by atoms with van der Waals surface area (Å²) in [5.41, 5.74) is 2.90. The second kappa shape index (κ2) is 10.3. The lowest BCUT2D eigenvalue weighted by Crippen LogP contribution is -2.54. The van der Waals surface area contributed by atoms with Crippen molar-refractivity contribution in [1.82, 2.24) is 20.1 Å². The van der Waals surface area contributed by atoms with Crippen LogP contribution in [0.25, 0.3) is 0 Å². The van der Waals surface area contributed by atoms with Gasteiger partial charge in [-0.3, -0.25) is 9.78 Å². The molecule has 1 amide bonds. The Balaban J connectivity index is 1.56. The number of piperazine rings is 1. The molecule has 1 N–H and O–H groups in total. The third-order valence-corrected chi connectivity index (χ3v) is 5.08. The van der Waals surface area contributed by atoms with Crippen molar-refractivity contribution in [2.45, 2.75) is 26.8 Å². The van der Waals surface area contributed by atoms with Crippen LogP contribution in [0.2, 0.25) is 5.02 Å². The number of aromatic nitrogens is 1. The van der Waals surface area contributed by atoms with Crippen LogP contribution >= 0.6 is 11.6 Å². The van der Waals surface area contributed by atoms with Gasteiger partial charge in [-0.1, -0.05) is 29.8 Å². The minimum atomic E-state index is 0.137. The van der Waals surface area contributed by atoms with Gasteiger partial charge in [0.2, 0.25) is 5.91 Å². The van der Waals surface area contributed by atoms with E-state index in [9.17, 15) is 4.79 Å². The molecule has 1 fully saturated rings. The van der Waals surface area contributed by atoms with Gasteiger partial charge in [0.1, 0.15) is 0 Å². The Hall–Kier alpha value is -2.60. The topological polar surface area (TPSA) is 60.8 Å². The lowest BCUT2D eigenvalue weighted by Gasteiger charge is -2.36. The standard InChI is InChI=1S/C22H28ClN5O/c1-3-24-22(25-16-20-9-4-6-17(2)26-20)28-12-10-27(11-13-28)21(29)15-18-7-5-8-19(23)14-18/h4-9,14H,3,10-13,15-16H2,1-2H3,(H,24,25). The zero-order valence-corrected chi connectivity index (χ0v) is 17.8. The number of nitrogens with zero attached hydrogens (tertiary/aromatic N) is 4. The minimum absolute atomic E-state index is 0.137. The van der Waals surface area contributed by atoms with Crippen LogP contribution in [0.15, 0.2) is 47.5 Å². The number of amides is 1. The average molecular weight is 414 g/mol. The summed E-state index contributed by atoms with van der Waals surface area (Å²) in [5.74, 6) is 1.01. The van der Waals surface area contributed by atoms with Gasteiger partial charge in [-0.15, -0.1) is 0 Å². The number of hydrogen-bond donors (Lipinski definition) is 1. The molecule has 0 saturated carbocycles. The van der Waals surface area contributed by atoms with Crippen LogP contribution in [-0.4, -0.2) is 59.4 Å². The smallest absolute Gasteiger partial charge is 0.227 e. The van der Waals surface area contributed by atoms with Gasteiger partial charge in [0.05, 0.1) is 18.7 Å². The second-order valence-electron chi connectivity index (χ2n) is 7.12. The molecule has 0 spiro atoms. The van der Waals surface area contributed by atoms with Crippen LogP contribution < -0.4 is 5.32 Å². The van der Waals surface area contributed by atoms with Crippen LogP contribution in [-0.2, 0) is 17.8 Å². The molecule has 7 heteroatoms. The van der Waals surface area contributed by atoms with Gasteiger partial charge in [-0.2, -0.15) is 0 Å². The quantitative estimate of drug-likeness (QED) is 0.604. The van der Waals surface area contributed by atoms with Gasteiger partial charge in [-0.05, 0) is 43.7 Å². The van der Waals surface area contributed by atoms with E-state index in [-0.39, 0.29) is 5.91 Å². The van der Waals surface area contributed by atoms with Gasteiger partial charge < -0.3 is 15.1 Å². The van der Waals surface area contributed by atoms with Crippen molar-refractivity contribution in [1.29, 1.82) is 0 Å². The molecule has 0 radical (unpaired) electrons. The first kappa shape index (κ1) is 21.1.